The summed E-state index contributed by atoms with van der Waals surface area (Å²) in [6, 6.07) is 8.12. The fraction of sp³-hybridized carbons (Fsp3) is 0.429. The maximum Gasteiger partial charge on any atom is 0.226 e. The maximum atomic E-state index is 4.59. The van der Waals surface area contributed by atoms with Gasteiger partial charge in [-0.3, -0.25) is 0 Å². The number of nitrogens with zero attached hydrogens (tertiary/aromatic N) is 3. The molecule has 0 saturated carbocycles. The zero-order chi connectivity index (χ0) is 14.4. The van der Waals surface area contributed by atoms with Gasteiger partial charge in [0, 0.05) is 40.0 Å². The molecule has 0 bridgehead atoms. The van der Waals surface area contributed by atoms with E-state index in [-0.39, 0.29) is 0 Å². The minimum atomic E-state index is 0.523. The average Bonchev–Trinajstić information content (AvgIpc) is 2.92. The molecule has 6 heteroatoms. The Balaban J connectivity index is 2.05. The molecular weight excluding hydrogens is 336 g/mol. The van der Waals surface area contributed by atoms with Gasteiger partial charge in [-0.2, -0.15) is 9.50 Å². The molecule has 1 unspecified atom stereocenters. The van der Waals surface area contributed by atoms with E-state index in [2.05, 4.69) is 50.7 Å². The third-order valence-electron chi connectivity index (χ3n) is 2.96. The van der Waals surface area contributed by atoms with Gasteiger partial charge in [0.15, 0.2) is 0 Å². The lowest BCUT2D eigenvalue weighted by atomic mass is 10.1. The van der Waals surface area contributed by atoms with Crippen LogP contribution in [0.15, 0.2) is 43.1 Å². The van der Waals surface area contributed by atoms with Crippen molar-refractivity contribution >= 4 is 40.1 Å². The molecule has 1 aliphatic rings. The minimum Gasteiger partial charge on any atom is -0.354 e. The highest BCUT2D eigenvalue weighted by molar-refractivity contribution is 9.10. The normalized spacial score (nSPS) is 18.6. The summed E-state index contributed by atoms with van der Waals surface area (Å²) in [7, 11) is 0. The number of hydrogen-bond donors (Lipinski definition) is 1. The second-order valence-corrected chi connectivity index (χ2v) is 6.26. The van der Waals surface area contributed by atoms with Gasteiger partial charge in [0.25, 0.3) is 0 Å². The van der Waals surface area contributed by atoms with Crippen LogP contribution in [0.3, 0.4) is 0 Å². The first-order chi connectivity index (χ1) is 9.72. The largest absolute Gasteiger partial charge is 0.354 e. The Kier molecular flexibility index (Phi) is 5.91. The summed E-state index contributed by atoms with van der Waals surface area (Å²) in [5.41, 5.74) is 0. The van der Waals surface area contributed by atoms with Crippen molar-refractivity contribution in [2.75, 3.05) is 13.1 Å². The Morgan fingerprint density at radius 3 is 3.05 bits per heavy atom. The van der Waals surface area contributed by atoms with Gasteiger partial charge in [0.1, 0.15) is 0 Å². The Labute approximate surface area is 133 Å². The summed E-state index contributed by atoms with van der Waals surface area (Å²) in [6.45, 7) is 5.99. The lowest BCUT2D eigenvalue weighted by Crippen LogP contribution is -2.37. The number of hydrazone groups is 1. The van der Waals surface area contributed by atoms with Crippen LogP contribution in [0.1, 0.15) is 20.3 Å². The average molecular weight is 355 g/mol. The molecule has 0 fully saturated rings. The van der Waals surface area contributed by atoms with Crippen LogP contribution in [0.5, 0.6) is 0 Å². The number of halogens is 1. The molecule has 1 aromatic rings. The molecule has 108 valence electrons. The van der Waals surface area contributed by atoms with E-state index in [1.54, 1.807) is 0 Å². The summed E-state index contributed by atoms with van der Waals surface area (Å²) < 4.78 is 5.65. The van der Waals surface area contributed by atoms with Crippen LogP contribution in [-0.2, 0) is 0 Å². The van der Waals surface area contributed by atoms with E-state index in [1.807, 2.05) is 29.4 Å². The van der Waals surface area contributed by atoms with Crippen molar-refractivity contribution in [3.8, 4) is 0 Å². The highest BCUT2D eigenvalue weighted by atomic mass is 79.9. The van der Waals surface area contributed by atoms with E-state index in [1.165, 1.54) is 11.9 Å². The van der Waals surface area contributed by atoms with Crippen LogP contribution >= 0.6 is 27.9 Å². The number of nitrogens with one attached hydrogen (secondary N) is 1. The fourth-order valence-electron chi connectivity index (χ4n) is 1.82. The molecule has 4 nitrogen and oxygen atoms in total. The zero-order valence-electron chi connectivity index (χ0n) is 11.7. The minimum absolute atomic E-state index is 0.523. The third kappa shape index (κ3) is 4.24. The molecule has 0 radical (unpaired) electrons. The molecule has 0 amide bonds. The van der Waals surface area contributed by atoms with E-state index >= 15 is 0 Å². The van der Waals surface area contributed by atoms with Crippen molar-refractivity contribution in [2.24, 2.45) is 15.4 Å². The first-order valence-electron chi connectivity index (χ1n) is 6.79. The van der Waals surface area contributed by atoms with Gasteiger partial charge in [-0.1, -0.05) is 28.9 Å². The summed E-state index contributed by atoms with van der Waals surface area (Å²) in [6.07, 6.45) is 3.12. The number of benzene rings is 1. The van der Waals surface area contributed by atoms with Crippen molar-refractivity contribution in [2.45, 2.75) is 25.2 Å². The van der Waals surface area contributed by atoms with Gasteiger partial charge in [-0.15, -0.1) is 0 Å². The topological polar surface area (TPSA) is 40.0 Å². The Hall–Kier alpha value is -1.01. The van der Waals surface area contributed by atoms with Crippen LogP contribution in [0, 0.1) is 5.92 Å². The van der Waals surface area contributed by atoms with E-state index in [9.17, 15) is 0 Å². The molecule has 0 saturated heterocycles. The molecule has 1 aromatic carbocycles. The van der Waals surface area contributed by atoms with Crippen LogP contribution in [-0.4, -0.2) is 30.3 Å². The van der Waals surface area contributed by atoms with E-state index in [4.69, 9.17) is 0 Å². The van der Waals surface area contributed by atoms with Crippen molar-refractivity contribution in [1.29, 1.82) is 0 Å². The molecule has 1 atom stereocenters. The lowest BCUT2D eigenvalue weighted by molar-refractivity contribution is 0.427. The Bertz CT molecular complexity index is 504. The van der Waals surface area contributed by atoms with E-state index < -0.39 is 0 Å². The smallest absolute Gasteiger partial charge is 0.226 e. The predicted octanol–water partition coefficient (Wildman–Crippen LogP) is 3.75. The first-order valence-corrected chi connectivity index (χ1v) is 8.35. The van der Waals surface area contributed by atoms with Gasteiger partial charge in [0.05, 0.1) is 6.54 Å². The van der Waals surface area contributed by atoms with Crippen molar-refractivity contribution in [3.05, 3.63) is 28.7 Å². The second-order valence-electron chi connectivity index (χ2n) is 4.51. The number of rotatable bonds is 4. The van der Waals surface area contributed by atoms with Crippen LogP contribution in [0.4, 0.5) is 0 Å². The monoisotopic (exact) mass is 354 g/mol. The maximum absolute atomic E-state index is 4.59. The highest BCUT2D eigenvalue weighted by Gasteiger charge is 2.20. The summed E-state index contributed by atoms with van der Waals surface area (Å²) in [5.74, 6) is 1.35. The van der Waals surface area contributed by atoms with Gasteiger partial charge in [-0.25, -0.2) is 5.01 Å². The molecule has 20 heavy (non-hydrogen) atoms. The van der Waals surface area contributed by atoms with Crippen LogP contribution in [0.2, 0.25) is 0 Å². The summed E-state index contributed by atoms with van der Waals surface area (Å²) >= 11 is 4.93. The van der Waals surface area contributed by atoms with Crippen molar-refractivity contribution in [1.82, 2.24) is 10.3 Å². The predicted molar refractivity (Wildman–Crippen MR) is 90.1 cm³/mol. The molecule has 0 aliphatic carbocycles. The second kappa shape index (κ2) is 7.69. The van der Waals surface area contributed by atoms with E-state index in [0.29, 0.717) is 5.92 Å². The highest BCUT2D eigenvalue weighted by Crippen LogP contribution is 2.23. The quantitative estimate of drug-likeness (QED) is 0.508. The Morgan fingerprint density at radius 1 is 1.55 bits per heavy atom. The van der Waals surface area contributed by atoms with Crippen molar-refractivity contribution < 1.29 is 0 Å². The third-order valence-corrected chi connectivity index (χ3v) is 4.18. The summed E-state index contributed by atoms with van der Waals surface area (Å²) in [5, 5.41) is 9.66. The van der Waals surface area contributed by atoms with Gasteiger partial charge in [-0.05, 0) is 31.5 Å². The van der Waals surface area contributed by atoms with Crippen LogP contribution in [0.25, 0.3) is 0 Å². The lowest BCUT2D eigenvalue weighted by Gasteiger charge is -2.18. The standard InChI is InChI=1S/C14H19BrN4S/c1-3-11-9-17-19(10-11)14(16-4-2)18-20-13-7-5-6-12(15)8-13/h5-9,11H,3-4,10H2,1-2H3,(H,16,18). The van der Waals surface area contributed by atoms with Gasteiger partial charge < -0.3 is 5.32 Å². The molecule has 0 aromatic heterocycles. The number of guanidine groups is 1. The molecule has 1 heterocycles. The molecule has 2 rings (SSSR count). The van der Waals surface area contributed by atoms with Gasteiger partial charge >= 0.3 is 0 Å². The molecule has 1 N–H and O–H groups in total. The molecule has 0 spiro atoms. The van der Waals surface area contributed by atoms with E-state index in [0.717, 1.165) is 34.8 Å². The van der Waals surface area contributed by atoms with Crippen LogP contribution < -0.4 is 5.32 Å². The van der Waals surface area contributed by atoms with Gasteiger partial charge in [0.2, 0.25) is 5.96 Å². The molecule has 1 aliphatic heterocycles. The Morgan fingerprint density at radius 2 is 2.40 bits per heavy atom. The molecular formula is C14H19BrN4S. The first kappa shape index (κ1) is 15.4. The van der Waals surface area contributed by atoms with Crippen molar-refractivity contribution in [3.63, 3.8) is 0 Å². The SMILES string of the molecule is CCN/C(=N\Sc1cccc(Br)c1)N1CC(CC)C=N1. The number of hydrogen-bond acceptors (Lipinski definition) is 3. The fourth-order valence-corrected chi connectivity index (χ4v) is 3.04. The zero-order valence-corrected chi connectivity index (χ0v) is 14.1. The summed E-state index contributed by atoms with van der Waals surface area (Å²) in [4.78, 5) is 1.10.